The summed E-state index contributed by atoms with van der Waals surface area (Å²) in [6, 6.07) is 5.88. The van der Waals surface area contributed by atoms with Crippen LogP contribution < -0.4 is 0 Å². The minimum absolute atomic E-state index is 0.134. The fourth-order valence-electron chi connectivity index (χ4n) is 2.01. The maximum absolute atomic E-state index is 12.6. The second-order valence-electron chi connectivity index (χ2n) is 4.78. The van der Waals surface area contributed by atoms with Crippen LogP contribution in [0.4, 0.5) is 13.2 Å². The van der Waals surface area contributed by atoms with Crippen LogP contribution >= 0.6 is 0 Å². The van der Waals surface area contributed by atoms with Crippen molar-refractivity contribution < 1.29 is 23.1 Å². The predicted molar refractivity (Wildman–Crippen MR) is 70.5 cm³/mol. The van der Waals surface area contributed by atoms with Gasteiger partial charge >= 0.3 is 6.18 Å². The summed E-state index contributed by atoms with van der Waals surface area (Å²) in [6.07, 6.45) is -3.25. The van der Waals surface area contributed by atoms with Gasteiger partial charge in [-0.05, 0) is 25.0 Å². The van der Waals surface area contributed by atoms with Crippen LogP contribution in [0.3, 0.4) is 0 Å². The van der Waals surface area contributed by atoms with Gasteiger partial charge in [-0.25, -0.2) is 0 Å². The van der Waals surface area contributed by atoms with Gasteiger partial charge in [0, 0.05) is 11.6 Å². The molecule has 21 heavy (non-hydrogen) atoms. The Kier molecular flexibility index (Phi) is 4.53. The van der Waals surface area contributed by atoms with Crippen molar-refractivity contribution in [1.29, 1.82) is 0 Å². The van der Waals surface area contributed by atoms with Crippen LogP contribution in [0, 0.1) is 11.8 Å². The maximum Gasteiger partial charge on any atom is 0.406 e. The molecule has 0 spiro atoms. The van der Waals surface area contributed by atoms with E-state index in [-0.39, 0.29) is 18.2 Å². The van der Waals surface area contributed by atoms with E-state index >= 15 is 0 Å². The molecule has 0 unspecified atom stereocenters. The number of aliphatic hydroxyl groups excluding tert-OH is 1. The average molecular weight is 297 g/mol. The van der Waals surface area contributed by atoms with Crippen molar-refractivity contribution in [3.63, 3.8) is 0 Å². The van der Waals surface area contributed by atoms with Crippen LogP contribution in [-0.2, 0) is 0 Å². The van der Waals surface area contributed by atoms with Crippen molar-refractivity contribution in [2.75, 3.05) is 13.2 Å². The maximum atomic E-state index is 12.6. The smallest absolute Gasteiger partial charge is 0.384 e. The van der Waals surface area contributed by atoms with Crippen LogP contribution in [0.1, 0.15) is 28.8 Å². The second-order valence-corrected chi connectivity index (χ2v) is 4.78. The Labute approximate surface area is 120 Å². The summed E-state index contributed by atoms with van der Waals surface area (Å²) in [5, 5.41) is 8.70. The molecule has 0 heterocycles. The molecule has 1 aromatic carbocycles. The van der Waals surface area contributed by atoms with Gasteiger partial charge in [0.05, 0.1) is 5.56 Å². The number of alkyl halides is 3. The first-order valence-corrected chi connectivity index (χ1v) is 6.49. The van der Waals surface area contributed by atoms with Crippen molar-refractivity contribution in [2.24, 2.45) is 0 Å². The molecular formula is C15H14F3NO2. The van der Waals surface area contributed by atoms with Crippen molar-refractivity contribution in [3.05, 3.63) is 35.4 Å². The number of hydrogen-bond acceptors (Lipinski definition) is 2. The monoisotopic (exact) mass is 297 g/mol. The van der Waals surface area contributed by atoms with Crippen molar-refractivity contribution >= 4 is 5.91 Å². The van der Waals surface area contributed by atoms with E-state index in [0.717, 1.165) is 4.90 Å². The summed E-state index contributed by atoms with van der Waals surface area (Å²) in [5.74, 6) is 4.33. The molecule has 112 valence electrons. The molecule has 0 aliphatic heterocycles. The lowest BCUT2D eigenvalue weighted by atomic mass is 10.1. The van der Waals surface area contributed by atoms with E-state index in [1.165, 1.54) is 6.07 Å². The number of rotatable bonds is 3. The highest BCUT2D eigenvalue weighted by atomic mass is 19.4. The molecule has 0 aromatic heterocycles. The molecule has 0 saturated heterocycles. The second kappa shape index (κ2) is 6.19. The van der Waals surface area contributed by atoms with Crippen LogP contribution in [0.5, 0.6) is 0 Å². The van der Waals surface area contributed by atoms with Gasteiger partial charge < -0.3 is 10.0 Å². The van der Waals surface area contributed by atoms with Gasteiger partial charge in [-0.2, -0.15) is 13.2 Å². The Bertz CT molecular complexity index is 583. The van der Waals surface area contributed by atoms with Gasteiger partial charge in [-0.15, -0.1) is 0 Å². The summed E-state index contributed by atoms with van der Waals surface area (Å²) < 4.78 is 37.9. The fourth-order valence-corrected chi connectivity index (χ4v) is 2.01. The number of carbonyl (C=O) groups excluding carboxylic acids is 1. The van der Waals surface area contributed by atoms with Crippen molar-refractivity contribution in [3.8, 4) is 11.8 Å². The number of amides is 1. The highest BCUT2D eigenvalue weighted by molar-refractivity contribution is 5.97. The van der Waals surface area contributed by atoms with Crippen LogP contribution in [-0.4, -0.2) is 41.3 Å². The lowest BCUT2D eigenvalue weighted by molar-refractivity contribution is -0.141. The zero-order valence-corrected chi connectivity index (χ0v) is 11.2. The fraction of sp³-hybridized carbons (Fsp3) is 0.400. The number of carbonyl (C=O) groups is 1. The average Bonchev–Trinajstić information content (AvgIpc) is 3.25. The third-order valence-electron chi connectivity index (χ3n) is 3.06. The predicted octanol–water partition coefficient (Wildman–Crippen LogP) is 2.20. The largest absolute Gasteiger partial charge is 0.406 e. The molecule has 0 atom stereocenters. The first-order valence-electron chi connectivity index (χ1n) is 6.49. The van der Waals surface area contributed by atoms with Crippen LogP contribution in [0.25, 0.3) is 0 Å². The van der Waals surface area contributed by atoms with Gasteiger partial charge in [0.2, 0.25) is 0 Å². The normalized spacial score (nSPS) is 14.3. The molecule has 1 aromatic rings. The van der Waals surface area contributed by atoms with Gasteiger partial charge in [0.1, 0.15) is 13.2 Å². The number of hydrogen-bond donors (Lipinski definition) is 1. The highest BCUT2D eigenvalue weighted by Gasteiger charge is 2.41. The molecule has 1 aliphatic carbocycles. The van der Waals surface area contributed by atoms with Gasteiger partial charge in [-0.3, -0.25) is 4.79 Å². The quantitative estimate of drug-likeness (QED) is 0.869. The number of benzene rings is 1. The molecule has 1 fully saturated rings. The molecule has 0 radical (unpaired) electrons. The van der Waals surface area contributed by atoms with E-state index in [4.69, 9.17) is 5.11 Å². The molecule has 1 saturated carbocycles. The zero-order chi connectivity index (χ0) is 15.5. The number of halogens is 3. The SMILES string of the molecule is O=C(c1ccccc1C#CCO)N(CC(F)(F)F)C1CC1. The summed E-state index contributed by atoms with van der Waals surface area (Å²) >= 11 is 0. The minimum atomic E-state index is -4.43. The van der Waals surface area contributed by atoms with E-state index in [9.17, 15) is 18.0 Å². The molecule has 1 aliphatic rings. The molecule has 1 amide bonds. The Balaban J connectivity index is 2.29. The third-order valence-corrected chi connectivity index (χ3v) is 3.06. The van der Waals surface area contributed by atoms with Gasteiger partial charge in [0.15, 0.2) is 0 Å². The standard InChI is InChI=1S/C15H14F3NO2/c16-15(17,18)10-19(12-7-8-12)14(21)13-6-2-1-4-11(13)5-3-9-20/h1-2,4,6,12,20H,7-10H2. The van der Waals surface area contributed by atoms with Gasteiger partial charge in [0.25, 0.3) is 5.91 Å². The Morgan fingerprint density at radius 1 is 1.33 bits per heavy atom. The number of nitrogens with zero attached hydrogens (tertiary/aromatic N) is 1. The zero-order valence-electron chi connectivity index (χ0n) is 11.2. The third kappa shape index (κ3) is 4.23. The van der Waals surface area contributed by atoms with E-state index in [1.807, 2.05) is 0 Å². The first kappa shape index (κ1) is 15.4. The van der Waals surface area contributed by atoms with Crippen molar-refractivity contribution in [1.82, 2.24) is 4.90 Å². The lowest BCUT2D eigenvalue weighted by Crippen LogP contribution is -2.40. The number of aliphatic hydroxyl groups is 1. The summed E-state index contributed by atoms with van der Waals surface area (Å²) in [6.45, 7) is -1.63. The van der Waals surface area contributed by atoms with Gasteiger partial charge in [-0.1, -0.05) is 24.0 Å². The molecule has 2 rings (SSSR count). The topological polar surface area (TPSA) is 40.5 Å². The lowest BCUT2D eigenvalue weighted by Gasteiger charge is -2.24. The highest BCUT2D eigenvalue weighted by Crippen LogP contribution is 2.31. The summed E-state index contributed by atoms with van der Waals surface area (Å²) in [7, 11) is 0. The molecule has 6 heteroatoms. The molecule has 0 bridgehead atoms. The Hall–Kier alpha value is -2.00. The Morgan fingerprint density at radius 3 is 2.57 bits per heavy atom. The van der Waals surface area contributed by atoms with E-state index in [1.54, 1.807) is 18.2 Å². The first-order chi connectivity index (χ1) is 9.92. The summed E-state index contributed by atoms with van der Waals surface area (Å²) in [4.78, 5) is 13.2. The summed E-state index contributed by atoms with van der Waals surface area (Å²) in [5.41, 5.74) is 0.457. The molecule has 3 nitrogen and oxygen atoms in total. The molecular weight excluding hydrogens is 283 g/mol. The van der Waals surface area contributed by atoms with Crippen LogP contribution in [0.15, 0.2) is 24.3 Å². The minimum Gasteiger partial charge on any atom is -0.384 e. The Morgan fingerprint density at radius 2 is 2.00 bits per heavy atom. The van der Waals surface area contributed by atoms with E-state index in [0.29, 0.717) is 18.4 Å². The van der Waals surface area contributed by atoms with E-state index < -0.39 is 18.6 Å². The van der Waals surface area contributed by atoms with E-state index in [2.05, 4.69) is 11.8 Å². The van der Waals surface area contributed by atoms with Crippen LogP contribution in [0.2, 0.25) is 0 Å². The van der Waals surface area contributed by atoms with Crippen molar-refractivity contribution in [2.45, 2.75) is 25.1 Å². The molecule has 1 N–H and O–H groups in total.